The zero-order chi connectivity index (χ0) is 7.40. The van der Waals surface area contributed by atoms with Gasteiger partial charge in [-0.15, -0.1) is 0 Å². The minimum absolute atomic E-state index is 0.500. The Morgan fingerprint density at radius 3 is 2.70 bits per heavy atom. The van der Waals surface area contributed by atoms with Crippen LogP contribution >= 0.6 is 11.6 Å². The molecule has 0 N–H and O–H groups in total. The molecule has 0 aliphatic carbocycles. The van der Waals surface area contributed by atoms with E-state index in [0.29, 0.717) is 0 Å². The number of halogens is 1. The summed E-state index contributed by atoms with van der Waals surface area (Å²) in [5.74, 6) is 0. The number of hydrogen-bond acceptors (Lipinski definition) is 1. The van der Waals surface area contributed by atoms with Crippen molar-refractivity contribution in [1.29, 1.82) is 0 Å². The van der Waals surface area contributed by atoms with E-state index in [2.05, 4.69) is 0 Å². The number of hydrogen-bond donors (Lipinski definition) is 0. The standard InChI is InChI=1S/C6H9ClOSi2/c7-5-3-1-2-4-6(5)10-8-9/h1-4H,10H2,9H3. The molecule has 0 bridgehead atoms. The summed E-state index contributed by atoms with van der Waals surface area (Å²) in [6, 6.07) is 7.87. The van der Waals surface area contributed by atoms with Crippen molar-refractivity contribution in [3.63, 3.8) is 0 Å². The second-order valence-electron chi connectivity index (χ2n) is 2.02. The van der Waals surface area contributed by atoms with Gasteiger partial charge < -0.3 is 4.12 Å². The summed E-state index contributed by atoms with van der Waals surface area (Å²) in [6.45, 7) is 0. The quantitative estimate of drug-likeness (QED) is 0.561. The molecule has 1 rings (SSSR count). The average Bonchev–Trinajstić information content (AvgIpc) is 1.94. The Hall–Kier alpha value is -0.0962. The molecule has 0 unspecified atom stereocenters. The zero-order valence-corrected chi connectivity index (χ0v) is 9.97. The highest BCUT2D eigenvalue weighted by Crippen LogP contribution is 2.01. The molecule has 0 aliphatic rings. The van der Waals surface area contributed by atoms with Crippen LogP contribution in [0.15, 0.2) is 24.3 Å². The molecule has 0 aromatic heterocycles. The van der Waals surface area contributed by atoms with E-state index in [0.717, 1.165) is 15.5 Å². The second-order valence-corrected chi connectivity index (χ2v) is 5.79. The molecular formula is C6H9ClOSi2. The predicted octanol–water partition coefficient (Wildman–Crippen LogP) is -0.654. The van der Waals surface area contributed by atoms with Crippen LogP contribution < -0.4 is 5.19 Å². The van der Waals surface area contributed by atoms with Gasteiger partial charge in [0.2, 0.25) is 0 Å². The van der Waals surface area contributed by atoms with Gasteiger partial charge in [0.15, 0.2) is 9.76 Å². The molecule has 0 amide bonds. The maximum absolute atomic E-state index is 5.87. The van der Waals surface area contributed by atoms with E-state index in [1.54, 1.807) is 0 Å². The van der Waals surface area contributed by atoms with Gasteiger partial charge in [-0.1, -0.05) is 29.8 Å². The molecule has 0 saturated carbocycles. The fourth-order valence-electron chi connectivity index (χ4n) is 0.771. The largest absolute Gasteiger partial charge is 0.465 e. The van der Waals surface area contributed by atoms with Gasteiger partial charge >= 0.3 is 0 Å². The van der Waals surface area contributed by atoms with E-state index < -0.39 is 9.76 Å². The fraction of sp³-hybridized carbons (Fsp3) is 0. The van der Waals surface area contributed by atoms with E-state index in [1.807, 2.05) is 24.3 Å². The van der Waals surface area contributed by atoms with Crippen LogP contribution in [0, 0.1) is 0 Å². The Bertz CT molecular complexity index is 217. The van der Waals surface area contributed by atoms with Crippen molar-refractivity contribution in [1.82, 2.24) is 0 Å². The van der Waals surface area contributed by atoms with E-state index in [9.17, 15) is 0 Å². The molecule has 10 heavy (non-hydrogen) atoms. The SMILES string of the molecule is [SiH3]O[SiH2]c1ccccc1Cl. The third-order valence-corrected chi connectivity index (χ3v) is 3.93. The van der Waals surface area contributed by atoms with E-state index in [-0.39, 0.29) is 0 Å². The molecule has 0 fully saturated rings. The smallest absolute Gasteiger partial charge is 0.179 e. The monoisotopic (exact) mass is 188 g/mol. The Labute approximate surface area is 70.8 Å². The summed E-state index contributed by atoms with van der Waals surface area (Å²) in [5.41, 5.74) is 0. The van der Waals surface area contributed by atoms with E-state index in [1.165, 1.54) is 5.19 Å². The van der Waals surface area contributed by atoms with Gasteiger partial charge in [0.1, 0.15) is 10.5 Å². The molecular weight excluding hydrogens is 180 g/mol. The van der Waals surface area contributed by atoms with Gasteiger partial charge in [0.05, 0.1) is 0 Å². The average molecular weight is 189 g/mol. The molecule has 54 valence electrons. The van der Waals surface area contributed by atoms with Crippen LogP contribution in [0.25, 0.3) is 0 Å². The highest BCUT2D eigenvalue weighted by molar-refractivity contribution is 6.56. The lowest BCUT2D eigenvalue weighted by Crippen LogP contribution is -2.16. The minimum Gasteiger partial charge on any atom is -0.465 e. The van der Waals surface area contributed by atoms with Crippen LogP contribution in [0.1, 0.15) is 0 Å². The van der Waals surface area contributed by atoms with Crippen molar-refractivity contribution >= 4 is 37.0 Å². The lowest BCUT2D eigenvalue weighted by molar-refractivity contribution is 0.676. The molecule has 0 heterocycles. The highest BCUT2D eigenvalue weighted by atomic mass is 35.5. The maximum atomic E-state index is 5.87. The van der Waals surface area contributed by atoms with Gasteiger partial charge in [-0.05, 0) is 11.3 Å². The molecule has 1 nitrogen and oxygen atoms in total. The topological polar surface area (TPSA) is 9.23 Å². The van der Waals surface area contributed by atoms with Gasteiger partial charge in [0.25, 0.3) is 0 Å². The van der Waals surface area contributed by atoms with Gasteiger partial charge in [-0.2, -0.15) is 0 Å². The third-order valence-electron chi connectivity index (χ3n) is 1.26. The zero-order valence-electron chi connectivity index (χ0n) is 5.80. The first-order chi connectivity index (χ1) is 4.84. The third kappa shape index (κ3) is 1.95. The van der Waals surface area contributed by atoms with Crippen molar-refractivity contribution in [2.75, 3.05) is 0 Å². The number of benzene rings is 1. The molecule has 1 aromatic rings. The maximum Gasteiger partial charge on any atom is 0.179 e. The van der Waals surface area contributed by atoms with Gasteiger partial charge in [-0.25, -0.2) is 0 Å². The summed E-state index contributed by atoms with van der Waals surface area (Å²) >= 11 is 5.87. The first-order valence-corrected chi connectivity index (χ1v) is 5.55. The molecule has 0 saturated heterocycles. The van der Waals surface area contributed by atoms with Crippen LogP contribution in [0.4, 0.5) is 0 Å². The van der Waals surface area contributed by atoms with Crippen molar-refractivity contribution in [3.05, 3.63) is 29.3 Å². The minimum atomic E-state index is -0.500. The molecule has 0 spiro atoms. The molecule has 0 atom stereocenters. The molecule has 0 radical (unpaired) electrons. The van der Waals surface area contributed by atoms with Crippen LogP contribution in [-0.4, -0.2) is 20.2 Å². The number of rotatable bonds is 2. The van der Waals surface area contributed by atoms with Crippen molar-refractivity contribution < 1.29 is 4.12 Å². The molecule has 0 aliphatic heterocycles. The normalized spacial score (nSPS) is 11.3. The Kier molecular flexibility index (Phi) is 3.14. The Morgan fingerprint density at radius 2 is 2.10 bits per heavy atom. The van der Waals surface area contributed by atoms with Crippen LogP contribution in [0.2, 0.25) is 5.02 Å². The van der Waals surface area contributed by atoms with Crippen LogP contribution in [0.5, 0.6) is 0 Å². The predicted molar refractivity (Wildman–Crippen MR) is 50.7 cm³/mol. The summed E-state index contributed by atoms with van der Waals surface area (Å²) in [6.07, 6.45) is 0. The van der Waals surface area contributed by atoms with Crippen LogP contribution in [-0.2, 0) is 4.12 Å². The summed E-state index contributed by atoms with van der Waals surface area (Å²) in [7, 11) is 0.325. The Balaban J connectivity index is 2.81. The van der Waals surface area contributed by atoms with Crippen molar-refractivity contribution in [3.8, 4) is 0 Å². The highest BCUT2D eigenvalue weighted by Gasteiger charge is 1.95. The van der Waals surface area contributed by atoms with E-state index >= 15 is 0 Å². The summed E-state index contributed by atoms with van der Waals surface area (Å²) in [4.78, 5) is 0. The first kappa shape index (κ1) is 8.00. The fourth-order valence-corrected chi connectivity index (χ4v) is 2.80. The summed E-state index contributed by atoms with van der Waals surface area (Å²) in [5, 5.41) is 2.06. The van der Waals surface area contributed by atoms with Gasteiger partial charge in [-0.3, -0.25) is 0 Å². The van der Waals surface area contributed by atoms with Crippen LogP contribution in [0.3, 0.4) is 0 Å². The van der Waals surface area contributed by atoms with E-state index in [4.69, 9.17) is 15.7 Å². The molecule has 1 aromatic carbocycles. The lowest BCUT2D eigenvalue weighted by atomic mass is 10.4. The van der Waals surface area contributed by atoms with Crippen molar-refractivity contribution in [2.24, 2.45) is 0 Å². The Morgan fingerprint density at radius 1 is 1.40 bits per heavy atom. The molecule has 4 heteroatoms. The van der Waals surface area contributed by atoms with Crippen molar-refractivity contribution in [2.45, 2.75) is 0 Å². The van der Waals surface area contributed by atoms with Gasteiger partial charge in [0, 0.05) is 5.02 Å². The lowest BCUT2D eigenvalue weighted by Gasteiger charge is -1.99. The first-order valence-electron chi connectivity index (χ1n) is 3.07. The second kappa shape index (κ2) is 3.93. The summed E-state index contributed by atoms with van der Waals surface area (Å²) < 4.78 is 5.20.